The van der Waals surface area contributed by atoms with Gasteiger partial charge < -0.3 is 42.6 Å². The molecule has 0 bridgehead atoms. The molecule has 1 fully saturated rings. The Labute approximate surface area is 250 Å². The molecule has 2 aromatic rings. The van der Waals surface area contributed by atoms with Gasteiger partial charge in [-0.2, -0.15) is 0 Å². The summed E-state index contributed by atoms with van der Waals surface area (Å²) in [6.45, 7) is 5.02. The zero-order valence-corrected chi connectivity index (χ0v) is 24.7. The molecule has 4 rings (SSSR count). The maximum absolute atomic E-state index is 12.7. The van der Waals surface area contributed by atoms with Gasteiger partial charge in [-0.3, -0.25) is 24.0 Å². The normalized spacial score (nSPS) is 22.2. The number of hydrogen-bond donors (Lipinski definition) is 0. The van der Waals surface area contributed by atoms with E-state index < -0.39 is 73.1 Å². The minimum Gasteiger partial charge on any atom is -0.497 e. The smallest absolute Gasteiger partial charge is 0.342 e. The topological polar surface area (TPSA) is 185 Å². The summed E-state index contributed by atoms with van der Waals surface area (Å²) in [5, 5.41) is 0.546. The molecule has 44 heavy (non-hydrogen) atoms. The number of esters is 6. The molecular weight excluding hydrogens is 588 g/mol. The van der Waals surface area contributed by atoms with E-state index in [4.69, 9.17) is 42.6 Å². The van der Waals surface area contributed by atoms with Crippen LogP contribution in [0.5, 0.6) is 17.2 Å². The molecule has 1 saturated heterocycles. The van der Waals surface area contributed by atoms with Crippen molar-refractivity contribution in [3.63, 3.8) is 0 Å². The van der Waals surface area contributed by atoms with E-state index in [2.05, 4.69) is 0 Å². The molecule has 0 amide bonds. The zero-order chi connectivity index (χ0) is 32.3. The van der Waals surface area contributed by atoms with Crippen LogP contribution in [0.3, 0.4) is 0 Å². The SMILES string of the molecule is COc1cc(O[C@@H]2O[C@H](COC(C)=O)[C@@H](OC(C)=O)[C@H](OC(C)=O)[C@H]2OC(C)=O)c2c(OC(C)=O)c3c(cc2c1)COC3=O. The lowest BCUT2D eigenvalue weighted by molar-refractivity contribution is -0.288. The summed E-state index contributed by atoms with van der Waals surface area (Å²) in [4.78, 5) is 72.9. The first kappa shape index (κ1) is 32.0. The molecule has 2 aliphatic rings. The molecule has 15 nitrogen and oxygen atoms in total. The number of rotatable bonds is 9. The van der Waals surface area contributed by atoms with Crippen molar-refractivity contribution in [2.24, 2.45) is 0 Å². The number of benzene rings is 2. The Balaban J connectivity index is 1.91. The van der Waals surface area contributed by atoms with Crippen LogP contribution in [0, 0.1) is 0 Å². The highest BCUT2D eigenvalue weighted by molar-refractivity contribution is 6.07. The maximum atomic E-state index is 12.7. The first-order valence-corrected chi connectivity index (χ1v) is 13.3. The van der Waals surface area contributed by atoms with E-state index >= 15 is 0 Å². The van der Waals surface area contributed by atoms with Gasteiger partial charge in [-0.05, 0) is 17.5 Å². The third kappa shape index (κ3) is 6.99. The summed E-state index contributed by atoms with van der Waals surface area (Å²) in [5.74, 6) is -4.57. The third-order valence-corrected chi connectivity index (χ3v) is 6.45. The summed E-state index contributed by atoms with van der Waals surface area (Å²) < 4.78 is 49.8. The van der Waals surface area contributed by atoms with Crippen LogP contribution in [0.4, 0.5) is 0 Å². The van der Waals surface area contributed by atoms with E-state index in [9.17, 15) is 28.8 Å². The van der Waals surface area contributed by atoms with Gasteiger partial charge in [0.1, 0.15) is 36.4 Å². The van der Waals surface area contributed by atoms with Crippen LogP contribution >= 0.6 is 0 Å². The highest BCUT2D eigenvalue weighted by Crippen LogP contribution is 2.45. The van der Waals surface area contributed by atoms with Crippen LogP contribution < -0.4 is 14.2 Å². The number of carbonyl (C=O) groups excluding carboxylic acids is 6. The average Bonchev–Trinajstić information content (AvgIpc) is 3.29. The van der Waals surface area contributed by atoms with Crippen molar-refractivity contribution in [2.75, 3.05) is 13.7 Å². The Kier molecular flexibility index (Phi) is 9.57. The molecule has 0 saturated carbocycles. The van der Waals surface area contributed by atoms with E-state index in [1.807, 2.05) is 0 Å². The monoisotopic (exact) mass is 618 g/mol. The minimum atomic E-state index is -1.61. The van der Waals surface area contributed by atoms with Crippen LogP contribution in [0.25, 0.3) is 10.8 Å². The maximum Gasteiger partial charge on any atom is 0.342 e. The average molecular weight is 619 g/mol. The van der Waals surface area contributed by atoms with Gasteiger partial charge in [0, 0.05) is 46.2 Å². The molecular formula is C29H30O15. The summed E-state index contributed by atoms with van der Waals surface area (Å²) in [7, 11) is 1.40. The zero-order valence-electron chi connectivity index (χ0n) is 24.7. The van der Waals surface area contributed by atoms with Gasteiger partial charge in [-0.15, -0.1) is 0 Å². The number of hydrogen-bond acceptors (Lipinski definition) is 15. The van der Waals surface area contributed by atoms with Crippen molar-refractivity contribution in [3.05, 3.63) is 29.3 Å². The fourth-order valence-electron chi connectivity index (χ4n) is 4.92. The van der Waals surface area contributed by atoms with Gasteiger partial charge in [0.2, 0.25) is 12.4 Å². The molecule has 0 spiro atoms. The van der Waals surface area contributed by atoms with Gasteiger partial charge in [-0.1, -0.05) is 0 Å². The number of fused-ring (bicyclic) bond motifs is 2. The lowest BCUT2D eigenvalue weighted by Crippen LogP contribution is -2.63. The number of cyclic esters (lactones) is 1. The third-order valence-electron chi connectivity index (χ3n) is 6.45. The second kappa shape index (κ2) is 13.2. The van der Waals surface area contributed by atoms with Crippen molar-refractivity contribution >= 4 is 46.6 Å². The summed E-state index contributed by atoms with van der Waals surface area (Å²) in [5.41, 5.74) is 0.453. The Hall–Kier alpha value is -4.92. The highest BCUT2D eigenvalue weighted by Gasteiger charge is 2.53. The predicted molar refractivity (Wildman–Crippen MR) is 144 cm³/mol. The highest BCUT2D eigenvalue weighted by atomic mass is 16.7. The summed E-state index contributed by atoms with van der Waals surface area (Å²) >= 11 is 0. The Morgan fingerprint density at radius 1 is 0.818 bits per heavy atom. The molecule has 0 aliphatic carbocycles. The molecule has 15 heteroatoms. The fraction of sp³-hybridized carbons (Fsp3) is 0.448. The largest absolute Gasteiger partial charge is 0.497 e. The molecule has 0 aromatic heterocycles. The van der Waals surface area contributed by atoms with Crippen LogP contribution in [-0.2, 0) is 59.0 Å². The van der Waals surface area contributed by atoms with E-state index in [1.165, 1.54) is 13.2 Å². The van der Waals surface area contributed by atoms with E-state index in [1.54, 1.807) is 12.1 Å². The van der Waals surface area contributed by atoms with Crippen LogP contribution in [-0.4, -0.2) is 80.2 Å². The molecule has 0 unspecified atom stereocenters. The van der Waals surface area contributed by atoms with Gasteiger partial charge in [0.25, 0.3) is 0 Å². The van der Waals surface area contributed by atoms with Gasteiger partial charge in [-0.25, -0.2) is 4.79 Å². The molecule has 0 radical (unpaired) electrons. The molecule has 2 heterocycles. The van der Waals surface area contributed by atoms with Crippen molar-refractivity contribution in [1.82, 2.24) is 0 Å². The quantitative estimate of drug-likeness (QED) is 0.225. The van der Waals surface area contributed by atoms with Crippen molar-refractivity contribution in [2.45, 2.75) is 71.9 Å². The Morgan fingerprint density at radius 3 is 2.05 bits per heavy atom. The number of carbonyl (C=O) groups is 6. The number of methoxy groups -OCH3 is 1. The lowest BCUT2D eigenvalue weighted by atomic mass is 9.97. The summed E-state index contributed by atoms with van der Waals surface area (Å²) in [6, 6.07) is 4.63. The van der Waals surface area contributed by atoms with Gasteiger partial charge in [0.05, 0.1) is 12.5 Å². The Morgan fingerprint density at radius 2 is 1.45 bits per heavy atom. The standard InChI is InChI=1S/C29H30O15/c1-12(30)37-11-21-24(39-13(2)31)26(41-15(4)33)27(42-16(5)34)29(44-21)43-20-9-19(36-6)8-17-7-18-10-38-28(35)23(18)25(22(17)20)40-14(3)32/h7-9,21,24,26-27,29H,10-11H2,1-6H3/t21-,24-,26+,27-,29-/m1/s1. The molecule has 236 valence electrons. The predicted octanol–water partition coefficient (Wildman–Crippen LogP) is 1.91. The second-order valence-corrected chi connectivity index (χ2v) is 9.82. The van der Waals surface area contributed by atoms with Crippen molar-refractivity contribution in [1.29, 1.82) is 0 Å². The minimum absolute atomic E-state index is 0.00395. The lowest BCUT2D eigenvalue weighted by Gasteiger charge is -2.44. The van der Waals surface area contributed by atoms with E-state index in [-0.39, 0.29) is 34.8 Å². The molecule has 0 N–H and O–H groups in total. The molecule has 5 atom stereocenters. The first-order valence-electron chi connectivity index (χ1n) is 13.3. The Bertz CT molecular complexity index is 1510. The van der Waals surface area contributed by atoms with E-state index in [0.717, 1.165) is 34.6 Å². The number of ether oxygens (including phenoxy) is 9. The van der Waals surface area contributed by atoms with E-state index in [0.29, 0.717) is 10.9 Å². The molecule has 2 aliphatic heterocycles. The van der Waals surface area contributed by atoms with Crippen LogP contribution in [0.2, 0.25) is 0 Å². The van der Waals surface area contributed by atoms with Gasteiger partial charge in [0.15, 0.2) is 18.0 Å². The summed E-state index contributed by atoms with van der Waals surface area (Å²) in [6.07, 6.45) is -7.35. The van der Waals surface area contributed by atoms with Crippen molar-refractivity contribution in [3.8, 4) is 17.2 Å². The second-order valence-electron chi connectivity index (χ2n) is 9.82. The van der Waals surface area contributed by atoms with Crippen LogP contribution in [0.1, 0.15) is 50.5 Å². The molecule has 2 aromatic carbocycles. The van der Waals surface area contributed by atoms with Gasteiger partial charge >= 0.3 is 35.8 Å². The first-order chi connectivity index (χ1) is 20.8. The van der Waals surface area contributed by atoms with Crippen LogP contribution in [0.15, 0.2) is 18.2 Å². The fourth-order valence-corrected chi connectivity index (χ4v) is 4.92. The van der Waals surface area contributed by atoms with Crippen molar-refractivity contribution < 1.29 is 71.4 Å².